The van der Waals surface area contributed by atoms with Crippen LogP contribution in [0.3, 0.4) is 0 Å². The molecule has 0 heterocycles. The van der Waals surface area contributed by atoms with Crippen LogP contribution < -0.4 is 4.74 Å². The van der Waals surface area contributed by atoms with Crippen molar-refractivity contribution in [3.63, 3.8) is 0 Å². The Kier molecular flexibility index (Phi) is 2.65. The van der Waals surface area contributed by atoms with E-state index in [0.29, 0.717) is 18.1 Å². The van der Waals surface area contributed by atoms with Gasteiger partial charge in [-0.25, -0.2) is 0 Å². The highest BCUT2D eigenvalue weighted by atomic mass is 16.5. The van der Waals surface area contributed by atoms with Gasteiger partial charge in [0.2, 0.25) is 0 Å². The molecular formula is C15H18O2. The van der Waals surface area contributed by atoms with Gasteiger partial charge < -0.3 is 4.74 Å². The number of fused-ring (bicyclic) bond motifs is 3. The maximum Gasteiger partial charge on any atom is 0.140 e. The van der Waals surface area contributed by atoms with Crippen molar-refractivity contribution >= 4 is 5.78 Å². The van der Waals surface area contributed by atoms with Gasteiger partial charge in [0.1, 0.15) is 11.5 Å². The van der Waals surface area contributed by atoms with Crippen molar-refractivity contribution in [3.8, 4) is 5.75 Å². The second-order valence-electron chi connectivity index (χ2n) is 5.21. The third-order valence-corrected chi connectivity index (χ3v) is 4.30. The minimum Gasteiger partial charge on any atom is -0.497 e. The summed E-state index contributed by atoms with van der Waals surface area (Å²) in [7, 11) is 1.70. The first-order chi connectivity index (χ1) is 8.29. The largest absolute Gasteiger partial charge is 0.497 e. The van der Waals surface area contributed by atoms with E-state index < -0.39 is 0 Å². The molecule has 1 aromatic carbocycles. The molecule has 3 rings (SSSR count). The lowest BCUT2D eigenvalue weighted by Crippen LogP contribution is -2.32. The lowest BCUT2D eigenvalue weighted by Gasteiger charge is -2.36. The van der Waals surface area contributed by atoms with Crippen molar-refractivity contribution in [1.29, 1.82) is 0 Å². The topological polar surface area (TPSA) is 26.3 Å². The van der Waals surface area contributed by atoms with Crippen molar-refractivity contribution < 1.29 is 9.53 Å². The molecule has 2 aliphatic rings. The van der Waals surface area contributed by atoms with Crippen LogP contribution in [-0.2, 0) is 11.2 Å². The monoisotopic (exact) mass is 230 g/mol. The smallest absolute Gasteiger partial charge is 0.140 e. The highest BCUT2D eigenvalue weighted by Gasteiger charge is 2.36. The summed E-state index contributed by atoms with van der Waals surface area (Å²) < 4.78 is 5.30. The van der Waals surface area contributed by atoms with Gasteiger partial charge in [-0.2, -0.15) is 0 Å². The molecule has 0 saturated heterocycles. The molecule has 2 aliphatic carbocycles. The fourth-order valence-corrected chi connectivity index (χ4v) is 3.41. The van der Waals surface area contributed by atoms with Crippen LogP contribution in [0.4, 0.5) is 0 Å². The number of ether oxygens (including phenoxy) is 1. The van der Waals surface area contributed by atoms with Crippen LogP contribution >= 0.6 is 0 Å². The molecule has 90 valence electrons. The summed E-state index contributed by atoms with van der Waals surface area (Å²) in [5.74, 6) is 2.10. The third-order valence-electron chi connectivity index (χ3n) is 4.30. The SMILES string of the molecule is COc1ccc2c(c1)[C@@H]1CCCC[C@H]1C(=O)C2. The van der Waals surface area contributed by atoms with Crippen LogP contribution in [0.1, 0.15) is 42.7 Å². The van der Waals surface area contributed by atoms with E-state index in [0.717, 1.165) is 18.6 Å². The number of hydrogen-bond acceptors (Lipinski definition) is 2. The minimum absolute atomic E-state index is 0.281. The number of Topliss-reactive ketones (excluding diaryl/α,β-unsaturated/α-hetero) is 1. The average Bonchev–Trinajstić information content (AvgIpc) is 2.39. The normalized spacial score (nSPS) is 27.2. The summed E-state index contributed by atoms with van der Waals surface area (Å²) in [6, 6.07) is 6.18. The first-order valence-corrected chi connectivity index (χ1v) is 6.49. The third kappa shape index (κ3) is 1.76. The van der Waals surface area contributed by atoms with Gasteiger partial charge in [-0.1, -0.05) is 18.9 Å². The Morgan fingerprint density at radius 2 is 1.94 bits per heavy atom. The van der Waals surface area contributed by atoms with Crippen molar-refractivity contribution in [2.75, 3.05) is 7.11 Å². The van der Waals surface area contributed by atoms with Gasteiger partial charge in [0.25, 0.3) is 0 Å². The number of rotatable bonds is 1. The van der Waals surface area contributed by atoms with Crippen LogP contribution in [0.2, 0.25) is 0 Å². The standard InChI is InChI=1S/C15H18O2/c1-17-11-7-6-10-8-15(16)13-5-3-2-4-12(13)14(10)9-11/h6-7,9,12-13H,2-5,8H2,1H3/t12-,13-/m1/s1. The summed E-state index contributed by atoms with van der Waals surface area (Å²) in [6.45, 7) is 0. The van der Waals surface area contributed by atoms with Crippen LogP contribution in [0.25, 0.3) is 0 Å². The zero-order chi connectivity index (χ0) is 11.8. The number of carbonyl (C=O) groups is 1. The summed E-state index contributed by atoms with van der Waals surface area (Å²) in [6.07, 6.45) is 5.34. The molecule has 0 aromatic heterocycles. The number of ketones is 1. The lowest BCUT2D eigenvalue weighted by atomic mass is 9.67. The van der Waals surface area contributed by atoms with Crippen LogP contribution in [0, 0.1) is 5.92 Å². The molecule has 0 N–H and O–H groups in total. The van der Waals surface area contributed by atoms with Crippen molar-refractivity contribution in [2.24, 2.45) is 5.92 Å². The Hall–Kier alpha value is -1.31. The maximum absolute atomic E-state index is 12.1. The second-order valence-corrected chi connectivity index (χ2v) is 5.21. The van der Waals surface area contributed by atoms with E-state index in [2.05, 4.69) is 12.1 Å². The fraction of sp³-hybridized carbons (Fsp3) is 0.533. The van der Waals surface area contributed by atoms with Crippen molar-refractivity contribution in [2.45, 2.75) is 38.0 Å². The van der Waals surface area contributed by atoms with Gasteiger partial charge in [-0.3, -0.25) is 4.79 Å². The van der Waals surface area contributed by atoms with E-state index in [9.17, 15) is 4.79 Å². The quantitative estimate of drug-likeness (QED) is 0.741. The van der Waals surface area contributed by atoms with Crippen LogP contribution in [0.15, 0.2) is 18.2 Å². The molecule has 0 spiro atoms. The molecule has 0 bridgehead atoms. The predicted molar refractivity (Wildman–Crippen MR) is 66.4 cm³/mol. The Morgan fingerprint density at radius 3 is 2.71 bits per heavy atom. The van der Waals surface area contributed by atoms with Gasteiger partial charge in [0.05, 0.1) is 7.11 Å². The molecule has 2 nitrogen and oxygen atoms in total. The van der Waals surface area contributed by atoms with Crippen LogP contribution in [-0.4, -0.2) is 12.9 Å². The molecule has 17 heavy (non-hydrogen) atoms. The second kappa shape index (κ2) is 4.17. The number of benzene rings is 1. The molecule has 0 amide bonds. The summed E-state index contributed by atoms with van der Waals surface area (Å²) in [4.78, 5) is 12.1. The van der Waals surface area contributed by atoms with Gasteiger partial charge in [0, 0.05) is 12.3 Å². The number of methoxy groups -OCH3 is 1. The van der Waals surface area contributed by atoms with E-state index in [1.807, 2.05) is 6.07 Å². The first kappa shape index (κ1) is 10.8. The number of carbonyl (C=O) groups excluding carboxylic acids is 1. The maximum atomic E-state index is 12.1. The van der Waals surface area contributed by atoms with Crippen LogP contribution in [0.5, 0.6) is 5.75 Å². The van der Waals surface area contributed by atoms with E-state index >= 15 is 0 Å². The van der Waals surface area contributed by atoms with E-state index in [4.69, 9.17) is 4.74 Å². The molecule has 2 atom stereocenters. The Bertz CT molecular complexity index is 450. The Labute approximate surface area is 102 Å². The minimum atomic E-state index is 0.281. The molecule has 0 radical (unpaired) electrons. The molecular weight excluding hydrogens is 212 g/mol. The molecule has 1 fully saturated rings. The Balaban J connectivity index is 2.04. The highest BCUT2D eigenvalue weighted by molar-refractivity contribution is 5.86. The molecule has 0 aliphatic heterocycles. The first-order valence-electron chi connectivity index (χ1n) is 6.49. The number of hydrogen-bond donors (Lipinski definition) is 0. The van der Waals surface area contributed by atoms with Crippen molar-refractivity contribution in [3.05, 3.63) is 29.3 Å². The zero-order valence-electron chi connectivity index (χ0n) is 10.2. The summed E-state index contributed by atoms with van der Waals surface area (Å²) >= 11 is 0. The summed E-state index contributed by atoms with van der Waals surface area (Å²) in [5.41, 5.74) is 2.59. The molecule has 1 aromatic rings. The van der Waals surface area contributed by atoms with Gasteiger partial charge in [-0.05, 0) is 42.0 Å². The predicted octanol–water partition coefficient (Wildman–Crippen LogP) is 3.09. The zero-order valence-corrected chi connectivity index (χ0v) is 10.2. The van der Waals surface area contributed by atoms with Gasteiger partial charge in [-0.15, -0.1) is 0 Å². The van der Waals surface area contributed by atoms with Gasteiger partial charge >= 0.3 is 0 Å². The van der Waals surface area contributed by atoms with E-state index in [1.165, 1.54) is 24.0 Å². The van der Waals surface area contributed by atoms with E-state index in [1.54, 1.807) is 7.11 Å². The molecule has 2 heteroatoms. The highest BCUT2D eigenvalue weighted by Crippen LogP contribution is 2.44. The molecule has 1 saturated carbocycles. The summed E-state index contributed by atoms with van der Waals surface area (Å²) in [5, 5.41) is 0. The lowest BCUT2D eigenvalue weighted by molar-refractivity contribution is -0.124. The van der Waals surface area contributed by atoms with E-state index in [-0.39, 0.29) is 5.92 Å². The fourth-order valence-electron chi connectivity index (χ4n) is 3.41. The average molecular weight is 230 g/mol. The van der Waals surface area contributed by atoms with Gasteiger partial charge in [0.15, 0.2) is 0 Å². The molecule has 0 unspecified atom stereocenters. The van der Waals surface area contributed by atoms with Crippen molar-refractivity contribution in [1.82, 2.24) is 0 Å². The Morgan fingerprint density at radius 1 is 1.18 bits per heavy atom.